The Morgan fingerprint density at radius 2 is 1.90 bits per heavy atom. The van der Waals surface area contributed by atoms with E-state index >= 15 is 0 Å². The van der Waals surface area contributed by atoms with Crippen LogP contribution in [0.25, 0.3) is 11.0 Å². The predicted molar refractivity (Wildman–Crippen MR) is 121 cm³/mol. The van der Waals surface area contributed by atoms with Crippen molar-refractivity contribution >= 4 is 28.5 Å². The molecule has 1 aliphatic heterocycles. The van der Waals surface area contributed by atoms with Crippen molar-refractivity contribution in [3.05, 3.63) is 74.6 Å². The fourth-order valence-corrected chi connectivity index (χ4v) is 4.37. The molecule has 4 rings (SSSR count). The fraction of sp³-hybridized carbons (Fsp3) is 0.333. The summed E-state index contributed by atoms with van der Waals surface area (Å²) in [5, 5.41) is 0.974. The van der Waals surface area contributed by atoms with Crippen LogP contribution in [0.15, 0.2) is 51.7 Å². The molecule has 0 radical (unpaired) electrons. The standard InChI is InChI=1S/C24H25ClN2O4/c1-4-26(5-2)11-12-27-21(15-7-6-8-16(25)13-15)20-22(28)18-10-9-17(30-3)14-19(18)31-23(20)24(27)29/h6-10,13-14,21H,4-5,11-12H2,1-3H3. The van der Waals surface area contributed by atoms with E-state index in [2.05, 4.69) is 18.7 Å². The first-order chi connectivity index (χ1) is 15.0. The third-order valence-electron chi connectivity index (χ3n) is 5.89. The molecule has 1 atom stereocenters. The average Bonchev–Trinajstić information content (AvgIpc) is 3.06. The van der Waals surface area contributed by atoms with E-state index in [1.807, 2.05) is 12.1 Å². The molecular formula is C24H25ClN2O4. The van der Waals surface area contributed by atoms with E-state index in [1.54, 1.807) is 42.3 Å². The highest BCUT2D eigenvalue weighted by atomic mass is 35.5. The number of rotatable bonds is 7. The Labute approximate surface area is 186 Å². The Kier molecular flexibility index (Phi) is 6.03. The second-order valence-electron chi connectivity index (χ2n) is 7.52. The van der Waals surface area contributed by atoms with E-state index in [-0.39, 0.29) is 17.1 Å². The van der Waals surface area contributed by atoms with Crippen LogP contribution in [0.1, 0.15) is 41.6 Å². The van der Waals surface area contributed by atoms with Crippen LogP contribution in [0.3, 0.4) is 0 Å². The van der Waals surface area contributed by atoms with Crippen molar-refractivity contribution in [2.75, 3.05) is 33.3 Å². The first-order valence-corrected chi connectivity index (χ1v) is 10.8. The molecule has 6 nitrogen and oxygen atoms in total. The molecule has 0 spiro atoms. The lowest BCUT2D eigenvalue weighted by atomic mass is 9.98. The molecule has 1 aliphatic rings. The van der Waals surface area contributed by atoms with Crippen LogP contribution in [0.2, 0.25) is 5.02 Å². The average molecular weight is 441 g/mol. The van der Waals surface area contributed by atoms with Crippen molar-refractivity contribution in [3.63, 3.8) is 0 Å². The maximum atomic E-state index is 13.5. The maximum Gasteiger partial charge on any atom is 0.290 e. The molecule has 1 aromatic heterocycles. The molecule has 0 bridgehead atoms. The minimum absolute atomic E-state index is 0.0928. The Bertz CT molecular complexity index is 1190. The SMILES string of the molecule is CCN(CC)CCN1C(=O)c2oc3cc(OC)ccc3c(=O)c2C1c1cccc(Cl)c1. The van der Waals surface area contributed by atoms with Gasteiger partial charge in [-0.05, 0) is 42.9 Å². The molecule has 0 saturated carbocycles. The highest BCUT2D eigenvalue weighted by Gasteiger charge is 2.42. The summed E-state index contributed by atoms with van der Waals surface area (Å²) >= 11 is 6.25. The molecule has 0 N–H and O–H groups in total. The fourth-order valence-electron chi connectivity index (χ4n) is 4.17. The number of carbonyl (C=O) groups is 1. The monoisotopic (exact) mass is 440 g/mol. The molecule has 0 aliphatic carbocycles. The van der Waals surface area contributed by atoms with Crippen LogP contribution in [0.4, 0.5) is 0 Å². The van der Waals surface area contributed by atoms with Gasteiger partial charge < -0.3 is 19.0 Å². The van der Waals surface area contributed by atoms with Crippen molar-refractivity contribution in [2.24, 2.45) is 0 Å². The number of methoxy groups -OCH3 is 1. The molecule has 2 heterocycles. The number of ether oxygens (including phenoxy) is 1. The molecule has 1 unspecified atom stereocenters. The Balaban J connectivity index is 1.88. The predicted octanol–water partition coefficient (Wildman–Crippen LogP) is 4.34. The van der Waals surface area contributed by atoms with Gasteiger partial charge in [-0.15, -0.1) is 0 Å². The molecule has 2 aromatic carbocycles. The Hall–Kier alpha value is -2.83. The lowest BCUT2D eigenvalue weighted by Gasteiger charge is -2.28. The van der Waals surface area contributed by atoms with Crippen molar-refractivity contribution in [2.45, 2.75) is 19.9 Å². The quantitative estimate of drug-likeness (QED) is 0.546. The van der Waals surface area contributed by atoms with E-state index in [0.29, 0.717) is 40.4 Å². The number of hydrogen-bond acceptors (Lipinski definition) is 5. The maximum absolute atomic E-state index is 13.5. The molecule has 0 fully saturated rings. The summed E-state index contributed by atoms with van der Waals surface area (Å²) in [6, 6.07) is 11.8. The zero-order chi connectivity index (χ0) is 22.1. The number of hydrogen-bond donors (Lipinski definition) is 0. The highest BCUT2D eigenvalue weighted by Crippen LogP contribution is 2.39. The zero-order valence-electron chi connectivity index (χ0n) is 17.9. The van der Waals surface area contributed by atoms with Crippen LogP contribution in [-0.2, 0) is 0 Å². The summed E-state index contributed by atoms with van der Waals surface area (Å²) < 4.78 is 11.2. The number of likely N-dealkylation sites (N-methyl/N-ethyl adjacent to an activating group) is 1. The summed E-state index contributed by atoms with van der Waals surface area (Å²) in [7, 11) is 1.54. The minimum atomic E-state index is -0.542. The number of nitrogens with zero attached hydrogens (tertiary/aromatic N) is 2. The molecule has 162 valence electrons. The molecule has 7 heteroatoms. The van der Waals surface area contributed by atoms with Gasteiger partial charge in [0.1, 0.15) is 11.3 Å². The van der Waals surface area contributed by atoms with Gasteiger partial charge in [0.25, 0.3) is 5.91 Å². The van der Waals surface area contributed by atoms with Gasteiger partial charge in [0, 0.05) is 24.2 Å². The number of benzene rings is 2. The summed E-state index contributed by atoms with van der Waals surface area (Å²) in [5.74, 6) is 0.370. The number of fused-ring (bicyclic) bond motifs is 2. The van der Waals surface area contributed by atoms with Gasteiger partial charge in [-0.3, -0.25) is 9.59 Å². The first-order valence-electron chi connectivity index (χ1n) is 10.4. The van der Waals surface area contributed by atoms with E-state index in [0.717, 1.165) is 18.7 Å². The number of carbonyl (C=O) groups excluding carboxylic acids is 1. The van der Waals surface area contributed by atoms with E-state index in [4.69, 9.17) is 20.8 Å². The molecule has 0 saturated heterocycles. The van der Waals surface area contributed by atoms with Crippen molar-refractivity contribution < 1.29 is 13.9 Å². The van der Waals surface area contributed by atoms with Crippen LogP contribution in [-0.4, -0.2) is 49.0 Å². The van der Waals surface area contributed by atoms with Crippen molar-refractivity contribution in [1.82, 2.24) is 9.80 Å². The topological polar surface area (TPSA) is 63.0 Å². The van der Waals surface area contributed by atoms with Gasteiger partial charge in [0.15, 0.2) is 5.43 Å². The Morgan fingerprint density at radius 3 is 2.58 bits per heavy atom. The van der Waals surface area contributed by atoms with Crippen molar-refractivity contribution in [1.29, 1.82) is 0 Å². The van der Waals surface area contributed by atoms with Gasteiger partial charge in [-0.2, -0.15) is 0 Å². The van der Waals surface area contributed by atoms with Gasteiger partial charge >= 0.3 is 0 Å². The lowest BCUT2D eigenvalue weighted by Crippen LogP contribution is -2.37. The second kappa shape index (κ2) is 8.73. The molecule has 1 amide bonds. The Morgan fingerprint density at radius 1 is 1.13 bits per heavy atom. The summed E-state index contributed by atoms with van der Waals surface area (Å²) in [6.45, 7) is 7.11. The van der Waals surface area contributed by atoms with E-state index in [1.165, 1.54) is 0 Å². The second-order valence-corrected chi connectivity index (χ2v) is 7.96. The van der Waals surface area contributed by atoms with Crippen LogP contribution in [0, 0.1) is 0 Å². The van der Waals surface area contributed by atoms with Gasteiger partial charge in [-0.25, -0.2) is 0 Å². The highest BCUT2D eigenvalue weighted by molar-refractivity contribution is 6.30. The van der Waals surface area contributed by atoms with Gasteiger partial charge in [0.2, 0.25) is 5.76 Å². The number of halogens is 1. The van der Waals surface area contributed by atoms with Crippen LogP contribution < -0.4 is 10.2 Å². The van der Waals surface area contributed by atoms with Crippen LogP contribution in [0.5, 0.6) is 5.75 Å². The minimum Gasteiger partial charge on any atom is -0.497 e. The van der Waals surface area contributed by atoms with Gasteiger partial charge in [0.05, 0.1) is 24.1 Å². The largest absolute Gasteiger partial charge is 0.497 e. The summed E-state index contributed by atoms with van der Waals surface area (Å²) in [4.78, 5) is 30.9. The van der Waals surface area contributed by atoms with Crippen molar-refractivity contribution in [3.8, 4) is 5.75 Å². The lowest BCUT2D eigenvalue weighted by molar-refractivity contribution is 0.0708. The normalized spacial score (nSPS) is 15.7. The van der Waals surface area contributed by atoms with Crippen LogP contribution >= 0.6 is 11.6 Å². The zero-order valence-corrected chi connectivity index (χ0v) is 18.6. The number of amides is 1. The third-order valence-corrected chi connectivity index (χ3v) is 6.13. The van der Waals surface area contributed by atoms with E-state index in [9.17, 15) is 9.59 Å². The molecule has 31 heavy (non-hydrogen) atoms. The summed E-state index contributed by atoms with van der Waals surface area (Å²) in [6.07, 6.45) is 0. The summed E-state index contributed by atoms with van der Waals surface area (Å²) in [5.41, 5.74) is 1.29. The molecule has 3 aromatic rings. The van der Waals surface area contributed by atoms with E-state index < -0.39 is 6.04 Å². The smallest absolute Gasteiger partial charge is 0.290 e. The van der Waals surface area contributed by atoms with Gasteiger partial charge in [-0.1, -0.05) is 37.6 Å². The first kappa shape index (κ1) is 21.4. The molecular weight excluding hydrogens is 416 g/mol. The third kappa shape index (κ3) is 3.82.